The number of piperidine rings is 1. The summed E-state index contributed by atoms with van der Waals surface area (Å²) in [7, 11) is 0. The van der Waals surface area contributed by atoms with E-state index in [1.54, 1.807) is 17.5 Å². The average molecular weight is 320 g/mol. The van der Waals surface area contributed by atoms with Crippen molar-refractivity contribution >= 4 is 28.9 Å². The minimum atomic E-state index is -0.0362. The van der Waals surface area contributed by atoms with Crippen LogP contribution in [-0.4, -0.2) is 45.5 Å². The molecule has 0 spiro atoms. The molecule has 7 heteroatoms. The second-order valence-electron chi connectivity index (χ2n) is 5.54. The Bertz CT molecular complexity index is 584. The van der Waals surface area contributed by atoms with E-state index in [4.69, 9.17) is 0 Å². The molecule has 1 saturated heterocycles. The Balaban J connectivity index is 1.82. The Morgan fingerprint density at radius 1 is 1.41 bits per heavy atom. The first-order valence-corrected chi connectivity index (χ1v) is 8.67. The number of carbonyl (C=O) groups is 2. The van der Waals surface area contributed by atoms with Gasteiger partial charge in [-0.2, -0.15) is 5.10 Å². The Morgan fingerprint density at radius 2 is 2.27 bits per heavy atom. The summed E-state index contributed by atoms with van der Waals surface area (Å²) >= 11 is 1.59. The van der Waals surface area contributed by atoms with E-state index in [9.17, 15) is 9.59 Å². The van der Waals surface area contributed by atoms with Crippen molar-refractivity contribution in [2.75, 3.05) is 13.1 Å². The van der Waals surface area contributed by atoms with Gasteiger partial charge in [-0.3, -0.25) is 9.59 Å². The highest BCUT2D eigenvalue weighted by Gasteiger charge is 2.33. The van der Waals surface area contributed by atoms with Crippen molar-refractivity contribution in [1.82, 2.24) is 14.9 Å². The topological polar surface area (TPSA) is 65.9 Å². The normalized spacial score (nSPS) is 22.7. The molecular weight excluding hydrogens is 300 g/mol. The summed E-state index contributed by atoms with van der Waals surface area (Å²) in [5.41, 5.74) is 0.505. The third-order valence-corrected chi connectivity index (χ3v) is 5.03. The van der Waals surface area contributed by atoms with E-state index < -0.39 is 0 Å². The van der Waals surface area contributed by atoms with Gasteiger partial charge >= 0.3 is 0 Å². The van der Waals surface area contributed by atoms with Crippen LogP contribution in [0.15, 0.2) is 16.7 Å². The zero-order valence-electron chi connectivity index (χ0n) is 12.7. The molecule has 1 fully saturated rings. The van der Waals surface area contributed by atoms with Crippen LogP contribution in [0.25, 0.3) is 0 Å². The molecule has 0 aromatic carbocycles. The van der Waals surface area contributed by atoms with Crippen molar-refractivity contribution in [3.05, 3.63) is 16.6 Å². The summed E-state index contributed by atoms with van der Waals surface area (Å²) in [4.78, 5) is 30.8. The van der Waals surface area contributed by atoms with Gasteiger partial charge in [-0.1, -0.05) is 0 Å². The third kappa shape index (κ3) is 2.90. The summed E-state index contributed by atoms with van der Waals surface area (Å²) in [5.74, 6) is -0.0417. The molecule has 2 amide bonds. The second kappa shape index (κ2) is 6.56. The van der Waals surface area contributed by atoms with Crippen LogP contribution in [0.2, 0.25) is 0 Å². The molecule has 22 heavy (non-hydrogen) atoms. The molecule has 1 atom stereocenters. The number of aromatic nitrogens is 1. The molecule has 0 saturated carbocycles. The van der Waals surface area contributed by atoms with E-state index in [1.165, 1.54) is 5.01 Å². The Morgan fingerprint density at radius 3 is 3.00 bits per heavy atom. The number of hydrazone groups is 1. The van der Waals surface area contributed by atoms with Gasteiger partial charge in [-0.25, -0.2) is 9.99 Å². The maximum Gasteiger partial charge on any atom is 0.270 e. The minimum absolute atomic E-state index is 0.00540. The second-order valence-corrected chi connectivity index (χ2v) is 6.46. The van der Waals surface area contributed by atoms with Crippen molar-refractivity contribution in [2.45, 2.75) is 45.1 Å². The molecule has 0 aliphatic carbocycles. The molecule has 2 aliphatic heterocycles. The molecule has 0 radical (unpaired) electrons. The highest BCUT2D eigenvalue weighted by atomic mass is 32.1. The molecule has 0 unspecified atom stereocenters. The summed E-state index contributed by atoms with van der Waals surface area (Å²) < 4.78 is 0. The maximum atomic E-state index is 12.9. The molecule has 1 aromatic rings. The summed E-state index contributed by atoms with van der Waals surface area (Å²) in [5, 5.41) is 8.61. The van der Waals surface area contributed by atoms with Gasteiger partial charge < -0.3 is 4.90 Å². The third-order valence-electron chi connectivity index (χ3n) is 4.15. The van der Waals surface area contributed by atoms with Crippen LogP contribution >= 0.6 is 11.3 Å². The van der Waals surface area contributed by atoms with Gasteiger partial charge in [0.1, 0.15) is 10.7 Å². The van der Waals surface area contributed by atoms with Crippen LogP contribution in [0.1, 0.15) is 50.1 Å². The van der Waals surface area contributed by atoms with Crippen LogP contribution in [0.4, 0.5) is 0 Å². The monoisotopic (exact) mass is 320 g/mol. The Labute approximate surface area is 133 Å². The van der Waals surface area contributed by atoms with E-state index in [2.05, 4.69) is 10.1 Å². The van der Waals surface area contributed by atoms with Crippen molar-refractivity contribution in [3.63, 3.8) is 0 Å². The largest absolute Gasteiger partial charge is 0.328 e. The van der Waals surface area contributed by atoms with E-state index in [0.717, 1.165) is 30.8 Å². The molecule has 118 valence electrons. The van der Waals surface area contributed by atoms with Gasteiger partial charge in [0.15, 0.2) is 0 Å². The zero-order valence-corrected chi connectivity index (χ0v) is 13.5. The fourth-order valence-corrected chi connectivity index (χ4v) is 3.78. The minimum Gasteiger partial charge on any atom is -0.328 e. The molecule has 6 nitrogen and oxygen atoms in total. The lowest BCUT2D eigenvalue weighted by atomic mass is 10.0. The summed E-state index contributed by atoms with van der Waals surface area (Å²) in [6, 6.07) is 0.0525. The Hall–Kier alpha value is -1.76. The van der Waals surface area contributed by atoms with Crippen molar-refractivity contribution in [2.24, 2.45) is 5.10 Å². The van der Waals surface area contributed by atoms with Crippen LogP contribution in [0.5, 0.6) is 0 Å². The van der Waals surface area contributed by atoms with Crippen molar-refractivity contribution in [3.8, 4) is 0 Å². The average Bonchev–Trinajstić information content (AvgIpc) is 3.09. The standard InChI is InChI=1S/C15H20N4O2S/c1-2-19-13(20)7-6-11(17-19)15(21)18-9-4-3-5-12(18)14-16-8-10-22-14/h8,10,12H,2-7,9H2,1H3/t12-/m0/s1. The summed E-state index contributed by atoms with van der Waals surface area (Å²) in [6.45, 7) is 3.11. The van der Waals surface area contributed by atoms with Crippen LogP contribution in [0, 0.1) is 0 Å². The molecule has 3 heterocycles. The van der Waals surface area contributed by atoms with E-state index >= 15 is 0 Å². The van der Waals surface area contributed by atoms with Gasteiger partial charge in [0.25, 0.3) is 5.91 Å². The quantitative estimate of drug-likeness (QED) is 0.857. The lowest BCUT2D eigenvalue weighted by Gasteiger charge is -2.35. The van der Waals surface area contributed by atoms with Gasteiger partial charge in [0.2, 0.25) is 5.91 Å². The number of amides is 2. The molecule has 3 rings (SSSR count). The fraction of sp³-hybridized carbons (Fsp3) is 0.600. The zero-order chi connectivity index (χ0) is 15.5. The number of rotatable bonds is 3. The number of carbonyl (C=O) groups excluding carboxylic acids is 2. The highest BCUT2D eigenvalue weighted by molar-refractivity contribution is 7.09. The highest BCUT2D eigenvalue weighted by Crippen LogP contribution is 2.32. The van der Waals surface area contributed by atoms with E-state index in [-0.39, 0.29) is 17.9 Å². The fourth-order valence-electron chi connectivity index (χ4n) is 3.00. The number of likely N-dealkylation sites (tertiary alicyclic amines) is 1. The predicted octanol–water partition coefficient (Wildman–Crippen LogP) is 2.20. The van der Waals surface area contributed by atoms with E-state index in [1.807, 2.05) is 17.2 Å². The Kier molecular flexibility index (Phi) is 4.52. The smallest absolute Gasteiger partial charge is 0.270 e. The van der Waals surface area contributed by atoms with Crippen LogP contribution < -0.4 is 0 Å². The van der Waals surface area contributed by atoms with Crippen molar-refractivity contribution < 1.29 is 9.59 Å². The van der Waals surface area contributed by atoms with Gasteiger partial charge in [-0.15, -0.1) is 11.3 Å². The van der Waals surface area contributed by atoms with Gasteiger partial charge in [0, 0.05) is 37.5 Å². The molecule has 0 bridgehead atoms. The lowest BCUT2D eigenvalue weighted by molar-refractivity contribution is -0.132. The number of nitrogens with zero attached hydrogens (tertiary/aromatic N) is 4. The first-order valence-electron chi connectivity index (χ1n) is 7.79. The first-order chi connectivity index (χ1) is 10.7. The summed E-state index contributed by atoms with van der Waals surface area (Å²) in [6.07, 6.45) is 5.66. The van der Waals surface area contributed by atoms with Gasteiger partial charge in [0.05, 0.1) is 6.04 Å². The molecule has 1 aromatic heterocycles. The maximum absolute atomic E-state index is 12.9. The predicted molar refractivity (Wildman–Crippen MR) is 84.5 cm³/mol. The number of hydrogen-bond donors (Lipinski definition) is 0. The number of hydrogen-bond acceptors (Lipinski definition) is 5. The first kappa shape index (κ1) is 15.1. The van der Waals surface area contributed by atoms with E-state index in [0.29, 0.717) is 25.1 Å². The molecule has 0 N–H and O–H groups in total. The number of thiazole rings is 1. The van der Waals surface area contributed by atoms with Crippen molar-refractivity contribution in [1.29, 1.82) is 0 Å². The lowest BCUT2D eigenvalue weighted by Crippen LogP contribution is -2.45. The SMILES string of the molecule is CCN1N=C(C(=O)N2CCCC[C@H]2c2nccs2)CCC1=O. The van der Waals surface area contributed by atoms with Crippen LogP contribution in [-0.2, 0) is 9.59 Å². The molecule has 2 aliphatic rings. The molecular formula is C15H20N4O2S. The van der Waals surface area contributed by atoms with Gasteiger partial charge in [-0.05, 0) is 26.2 Å². The van der Waals surface area contributed by atoms with Crippen LogP contribution in [0.3, 0.4) is 0 Å².